The van der Waals surface area contributed by atoms with E-state index in [-0.39, 0.29) is 5.41 Å². The molecule has 0 spiro atoms. The average Bonchev–Trinajstić information content (AvgIpc) is 2.93. The molecule has 1 saturated carbocycles. The zero-order chi connectivity index (χ0) is 8.89. The zero-order valence-electron chi connectivity index (χ0n) is 7.66. The van der Waals surface area contributed by atoms with E-state index in [1.54, 1.807) is 0 Å². The lowest BCUT2D eigenvalue weighted by Gasteiger charge is -2.23. The average molecular weight is 174 g/mol. The van der Waals surface area contributed by atoms with Crippen LogP contribution in [0.3, 0.4) is 0 Å². The summed E-state index contributed by atoms with van der Waals surface area (Å²) in [6.45, 7) is 0.342. The highest BCUT2D eigenvalue weighted by Gasteiger charge is 2.56. The van der Waals surface area contributed by atoms with Crippen LogP contribution < -0.4 is 0 Å². The molecule has 0 amide bonds. The molecule has 2 unspecified atom stereocenters. The van der Waals surface area contributed by atoms with Gasteiger partial charge in [0, 0.05) is 5.41 Å². The summed E-state index contributed by atoms with van der Waals surface area (Å²) in [7, 11) is 0. The molecule has 3 rings (SSSR count). The van der Waals surface area contributed by atoms with Crippen molar-refractivity contribution in [3.63, 3.8) is 0 Å². The van der Waals surface area contributed by atoms with Gasteiger partial charge in [0.2, 0.25) is 0 Å². The standard InChI is InChI=1S/C12H14O/c13-8-12-7-10(12)6-5-9-3-1-2-4-11(9)12/h1-4,10,13H,5-8H2. The monoisotopic (exact) mass is 174 g/mol. The molecule has 1 fully saturated rings. The normalized spacial score (nSPS) is 35.0. The van der Waals surface area contributed by atoms with Gasteiger partial charge in [-0.3, -0.25) is 0 Å². The number of aliphatic hydroxyl groups is 1. The molecule has 0 bridgehead atoms. The molecular weight excluding hydrogens is 160 g/mol. The van der Waals surface area contributed by atoms with Crippen LogP contribution in [0.5, 0.6) is 0 Å². The van der Waals surface area contributed by atoms with Gasteiger partial charge in [-0.15, -0.1) is 0 Å². The van der Waals surface area contributed by atoms with E-state index in [0.29, 0.717) is 6.61 Å². The third-order valence-electron chi connectivity index (χ3n) is 3.83. The SMILES string of the molecule is OCC12CC1CCc1ccccc12. The van der Waals surface area contributed by atoms with Crippen molar-refractivity contribution < 1.29 is 5.11 Å². The van der Waals surface area contributed by atoms with Gasteiger partial charge in [-0.2, -0.15) is 0 Å². The predicted molar refractivity (Wildman–Crippen MR) is 51.6 cm³/mol. The van der Waals surface area contributed by atoms with Crippen LogP contribution in [0.2, 0.25) is 0 Å². The van der Waals surface area contributed by atoms with E-state index in [1.807, 2.05) is 0 Å². The van der Waals surface area contributed by atoms with Crippen molar-refractivity contribution >= 4 is 0 Å². The first kappa shape index (κ1) is 7.57. The lowest BCUT2D eigenvalue weighted by molar-refractivity contribution is 0.239. The van der Waals surface area contributed by atoms with Crippen molar-refractivity contribution in [2.75, 3.05) is 6.61 Å². The second-order valence-electron chi connectivity index (χ2n) is 4.41. The predicted octanol–water partition coefficient (Wildman–Crippen LogP) is 1.88. The number of aryl methyl sites for hydroxylation is 1. The maximum Gasteiger partial charge on any atom is 0.0530 e. The third-order valence-corrected chi connectivity index (χ3v) is 3.83. The molecule has 13 heavy (non-hydrogen) atoms. The van der Waals surface area contributed by atoms with Crippen LogP contribution in [-0.2, 0) is 11.8 Å². The van der Waals surface area contributed by atoms with Crippen molar-refractivity contribution in [2.45, 2.75) is 24.7 Å². The third kappa shape index (κ3) is 0.856. The van der Waals surface area contributed by atoms with Crippen LogP contribution >= 0.6 is 0 Å². The summed E-state index contributed by atoms with van der Waals surface area (Å²) in [6.07, 6.45) is 3.70. The molecule has 1 aromatic carbocycles. The summed E-state index contributed by atoms with van der Waals surface area (Å²) in [4.78, 5) is 0. The van der Waals surface area contributed by atoms with Gasteiger partial charge in [-0.1, -0.05) is 24.3 Å². The topological polar surface area (TPSA) is 20.2 Å². The van der Waals surface area contributed by atoms with Crippen LogP contribution in [-0.4, -0.2) is 11.7 Å². The van der Waals surface area contributed by atoms with Crippen LogP contribution in [0.15, 0.2) is 24.3 Å². The minimum absolute atomic E-state index is 0.175. The Morgan fingerprint density at radius 1 is 1.38 bits per heavy atom. The van der Waals surface area contributed by atoms with Crippen LogP contribution in [0.25, 0.3) is 0 Å². The highest BCUT2D eigenvalue weighted by Crippen LogP contribution is 2.59. The number of rotatable bonds is 1. The highest BCUT2D eigenvalue weighted by molar-refractivity contribution is 5.43. The number of hydrogen-bond acceptors (Lipinski definition) is 1. The molecule has 1 heteroatoms. The molecular formula is C12H14O. The van der Waals surface area contributed by atoms with Gasteiger partial charge in [-0.25, -0.2) is 0 Å². The van der Waals surface area contributed by atoms with Crippen LogP contribution in [0, 0.1) is 5.92 Å². The van der Waals surface area contributed by atoms with E-state index in [1.165, 1.54) is 30.4 Å². The Morgan fingerprint density at radius 2 is 2.23 bits per heavy atom. The first-order chi connectivity index (χ1) is 6.37. The molecule has 0 aromatic heterocycles. The Morgan fingerprint density at radius 3 is 3.08 bits per heavy atom. The van der Waals surface area contributed by atoms with Gasteiger partial charge in [0.15, 0.2) is 0 Å². The first-order valence-corrected chi connectivity index (χ1v) is 5.06. The van der Waals surface area contributed by atoms with E-state index < -0.39 is 0 Å². The number of aliphatic hydroxyl groups excluding tert-OH is 1. The summed E-state index contributed by atoms with van der Waals surface area (Å²) in [5.74, 6) is 0.771. The molecule has 0 heterocycles. The van der Waals surface area contributed by atoms with Crippen LogP contribution in [0.4, 0.5) is 0 Å². The molecule has 2 aliphatic rings. The molecule has 2 atom stereocenters. The zero-order valence-corrected chi connectivity index (χ0v) is 7.66. The Labute approximate surface area is 78.4 Å². The van der Waals surface area contributed by atoms with E-state index in [4.69, 9.17) is 0 Å². The first-order valence-electron chi connectivity index (χ1n) is 5.06. The van der Waals surface area contributed by atoms with Gasteiger partial charge in [0.1, 0.15) is 0 Å². The number of hydrogen-bond donors (Lipinski definition) is 1. The summed E-state index contributed by atoms with van der Waals surface area (Å²) >= 11 is 0. The Bertz CT molecular complexity index is 345. The smallest absolute Gasteiger partial charge is 0.0530 e. The molecule has 68 valence electrons. The summed E-state index contributed by atoms with van der Waals surface area (Å²) in [5.41, 5.74) is 3.06. The minimum atomic E-state index is 0.175. The number of benzene rings is 1. The molecule has 2 aliphatic carbocycles. The van der Waals surface area contributed by atoms with E-state index in [9.17, 15) is 5.11 Å². The lowest BCUT2D eigenvalue weighted by atomic mass is 9.82. The van der Waals surface area contributed by atoms with Gasteiger partial charge in [-0.05, 0) is 36.3 Å². The quantitative estimate of drug-likeness (QED) is 0.689. The second kappa shape index (κ2) is 2.36. The van der Waals surface area contributed by atoms with Gasteiger partial charge < -0.3 is 5.11 Å². The fourth-order valence-electron chi connectivity index (χ4n) is 2.92. The fraction of sp³-hybridized carbons (Fsp3) is 0.500. The molecule has 1 nitrogen and oxygen atoms in total. The minimum Gasteiger partial charge on any atom is -0.395 e. The fourth-order valence-corrected chi connectivity index (χ4v) is 2.92. The van der Waals surface area contributed by atoms with Crippen molar-refractivity contribution in [1.82, 2.24) is 0 Å². The van der Waals surface area contributed by atoms with Crippen molar-refractivity contribution in [3.05, 3.63) is 35.4 Å². The number of fused-ring (bicyclic) bond motifs is 3. The molecule has 1 N–H and O–H groups in total. The van der Waals surface area contributed by atoms with E-state index in [0.717, 1.165) is 5.92 Å². The van der Waals surface area contributed by atoms with Crippen molar-refractivity contribution in [1.29, 1.82) is 0 Å². The Balaban J connectivity index is 2.14. The Hall–Kier alpha value is -0.820. The molecule has 0 saturated heterocycles. The van der Waals surface area contributed by atoms with Crippen LogP contribution in [0.1, 0.15) is 24.0 Å². The summed E-state index contributed by atoms with van der Waals surface area (Å²) in [5, 5.41) is 9.44. The maximum atomic E-state index is 9.44. The van der Waals surface area contributed by atoms with Gasteiger partial charge >= 0.3 is 0 Å². The molecule has 0 aliphatic heterocycles. The maximum absolute atomic E-state index is 9.44. The lowest BCUT2D eigenvalue weighted by Crippen LogP contribution is -2.21. The van der Waals surface area contributed by atoms with E-state index in [2.05, 4.69) is 24.3 Å². The van der Waals surface area contributed by atoms with Gasteiger partial charge in [0.25, 0.3) is 0 Å². The largest absolute Gasteiger partial charge is 0.395 e. The van der Waals surface area contributed by atoms with Gasteiger partial charge in [0.05, 0.1) is 6.61 Å². The van der Waals surface area contributed by atoms with E-state index >= 15 is 0 Å². The van der Waals surface area contributed by atoms with Crippen molar-refractivity contribution in [3.8, 4) is 0 Å². The summed E-state index contributed by atoms with van der Waals surface area (Å²) in [6, 6.07) is 8.61. The molecule has 0 radical (unpaired) electrons. The highest BCUT2D eigenvalue weighted by atomic mass is 16.3. The Kier molecular flexibility index (Phi) is 1.37. The summed E-state index contributed by atoms with van der Waals surface area (Å²) < 4.78 is 0. The van der Waals surface area contributed by atoms with Crippen molar-refractivity contribution in [2.24, 2.45) is 5.92 Å². The molecule has 1 aromatic rings. The second-order valence-corrected chi connectivity index (χ2v) is 4.41.